The topological polar surface area (TPSA) is 108 Å². The first-order chi connectivity index (χ1) is 12.0. The number of nitrogens with zero attached hydrogens (tertiary/aromatic N) is 1. The van der Waals surface area contributed by atoms with Crippen molar-refractivity contribution in [1.29, 1.82) is 0 Å². The molecule has 0 bridgehead atoms. The number of rotatable bonds is 5. The van der Waals surface area contributed by atoms with Gasteiger partial charge in [-0.1, -0.05) is 44.2 Å². The van der Waals surface area contributed by atoms with Crippen molar-refractivity contribution in [1.82, 2.24) is 15.8 Å². The quantitative estimate of drug-likeness (QED) is 0.549. The molecule has 0 fully saturated rings. The van der Waals surface area contributed by atoms with Gasteiger partial charge in [0.05, 0.1) is 6.54 Å². The second-order valence-corrected chi connectivity index (χ2v) is 7.19. The van der Waals surface area contributed by atoms with Crippen LogP contribution >= 0.6 is 0 Å². The highest BCUT2D eigenvalue weighted by Gasteiger charge is 2.31. The van der Waals surface area contributed by atoms with E-state index < -0.39 is 29.7 Å². The minimum Gasteiger partial charge on any atom is -0.464 e. The van der Waals surface area contributed by atoms with Gasteiger partial charge in [0, 0.05) is 0 Å². The SMILES string of the molecule is CC(C)[C@H](NC(=O)N(Cc1ccccc1)NC(=O)O)C(=O)OC(C)(C)C. The molecular weight excluding hydrogens is 338 g/mol. The van der Waals surface area contributed by atoms with Gasteiger partial charge in [0.1, 0.15) is 11.6 Å². The highest BCUT2D eigenvalue weighted by atomic mass is 16.6. The summed E-state index contributed by atoms with van der Waals surface area (Å²) >= 11 is 0. The van der Waals surface area contributed by atoms with Gasteiger partial charge in [0.25, 0.3) is 0 Å². The summed E-state index contributed by atoms with van der Waals surface area (Å²) in [6.07, 6.45) is -1.38. The van der Waals surface area contributed by atoms with Crippen molar-refractivity contribution in [3.8, 4) is 0 Å². The Bertz CT molecular complexity index is 625. The molecule has 0 aliphatic heterocycles. The summed E-state index contributed by atoms with van der Waals surface area (Å²) in [7, 11) is 0. The monoisotopic (exact) mass is 365 g/mol. The van der Waals surface area contributed by atoms with Gasteiger partial charge in [-0.15, -0.1) is 0 Å². The number of esters is 1. The van der Waals surface area contributed by atoms with Crippen LogP contribution in [0.2, 0.25) is 0 Å². The maximum absolute atomic E-state index is 12.5. The molecule has 0 spiro atoms. The van der Waals surface area contributed by atoms with E-state index in [1.807, 2.05) is 11.5 Å². The Labute approximate surface area is 153 Å². The van der Waals surface area contributed by atoms with Crippen LogP contribution in [0.25, 0.3) is 0 Å². The van der Waals surface area contributed by atoms with Crippen LogP contribution in [0.4, 0.5) is 9.59 Å². The summed E-state index contributed by atoms with van der Waals surface area (Å²) in [5, 5.41) is 12.4. The van der Waals surface area contributed by atoms with Gasteiger partial charge in [-0.2, -0.15) is 0 Å². The summed E-state index contributed by atoms with van der Waals surface area (Å²) in [6, 6.07) is 7.26. The Balaban J connectivity index is 2.90. The third-order valence-corrected chi connectivity index (χ3v) is 3.27. The molecule has 1 atom stereocenters. The smallest absolute Gasteiger partial charge is 0.423 e. The lowest BCUT2D eigenvalue weighted by atomic mass is 10.0. The summed E-state index contributed by atoms with van der Waals surface area (Å²) in [6.45, 7) is 8.74. The zero-order chi connectivity index (χ0) is 19.9. The Morgan fingerprint density at radius 1 is 1.15 bits per heavy atom. The molecule has 0 aromatic heterocycles. The molecule has 1 rings (SSSR count). The predicted molar refractivity (Wildman–Crippen MR) is 96.1 cm³/mol. The van der Waals surface area contributed by atoms with E-state index in [0.29, 0.717) is 0 Å². The fraction of sp³-hybridized carbons (Fsp3) is 0.500. The number of carboxylic acid groups (broad SMARTS) is 1. The van der Waals surface area contributed by atoms with Gasteiger partial charge in [-0.25, -0.2) is 24.8 Å². The fourth-order valence-corrected chi connectivity index (χ4v) is 2.12. The lowest BCUT2D eigenvalue weighted by molar-refractivity contribution is -0.158. The first-order valence-electron chi connectivity index (χ1n) is 8.34. The average Bonchev–Trinajstić information content (AvgIpc) is 2.50. The zero-order valence-corrected chi connectivity index (χ0v) is 15.8. The molecule has 3 amide bonds. The van der Waals surface area contributed by atoms with Gasteiger partial charge < -0.3 is 15.2 Å². The summed E-state index contributed by atoms with van der Waals surface area (Å²) in [4.78, 5) is 35.9. The predicted octanol–water partition coefficient (Wildman–Crippen LogP) is 2.75. The van der Waals surface area contributed by atoms with E-state index in [-0.39, 0.29) is 12.5 Å². The molecule has 0 saturated carbocycles. The van der Waals surface area contributed by atoms with Crippen LogP contribution in [0.3, 0.4) is 0 Å². The second kappa shape index (κ2) is 9.07. The van der Waals surface area contributed by atoms with Gasteiger partial charge in [0.2, 0.25) is 0 Å². The summed E-state index contributed by atoms with van der Waals surface area (Å²) in [5.41, 5.74) is 2.08. The molecular formula is C18H27N3O5. The van der Waals surface area contributed by atoms with Crippen molar-refractivity contribution < 1.29 is 24.2 Å². The largest absolute Gasteiger partial charge is 0.464 e. The molecule has 3 N–H and O–H groups in total. The molecule has 0 saturated heterocycles. The van der Waals surface area contributed by atoms with Gasteiger partial charge >= 0.3 is 18.1 Å². The molecule has 26 heavy (non-hydrogen) atoms. The Morgan fingerprint density at radius 2 is 1.73 bits per heavy atom. The third-order valence-electron chi connectivity index (χ3n) is 3.27. The number of hydrogen-bond acceptors (Lipinski definition) is 4. The van der Waals surface area contributed by atoms with E-state index >= 15 is 0 Å². The third kappa shape index (κ3) is 7.42. The van der Waals surface area contributed by atoms with Crippen LogP contribution in [-0.2, 0) is 16.1 Å². The average molecular weight is 365 g/mol. The summed E-state index contributed by atoms with van der Waals surface area (Å²) < 4.78 is 5.33. The molecule has 0 aliphatic rings. The van der Waals surface area contributed by atoms with Gasteiger partial charge in [-0.05, 0) is 32.3 Å². The molecule has 8 nitrogen and oxygen atoms in total. The Morgan fingerprint density at radius 3 is 2.19 bits per heavy atom. The van der Waals surface area contributed by atoms with E-state index in [1.165, 1.54) is 0 Å². The first kappa shape index (κ1) is 21.3. The lowest BCUT2D eigenvalue weighted by Gasteiger charge is -2.29. The zero-order valence-electron chi connectivity index (χ0n) is 15.8. The molecule has 1 aromatic carbocycles. The number of carbonyl (C=O) groups excluding carboxylic acids is 2. The van der Waals surface area contributed by atoms with E-state index in [4.69, 9.17) is 9.84 Å². The van der Waals surface area contributed by atoms with E-state index in [9.17, 15) is 14.4 Å². The molecule has 0 heterocycles. The lowest BCUT2D eigenvalue weighted by Crippen LogP contribution is -2.55. The van der Waals surface area contributed by atoms with Crippen LogP contribution in [0, 0.1) is 5.92 Å². The molecule has 144 valence electrons. The van der Waals surface area contributed by atoms with E-state index in [2.05, 4.69) is 5.32 Å². The van der Waals surface area contributed by atoms with Crippen molar-refractivity contribution in [2.24, 2.45) is 5.92 Å². The molecule has 0 unspecified atom stereocenters. The number of hydrogen-bond donors (Lipinski definition) is 3. The Kier molecular flexibility index (Phi) is 7.42. The van der Waals surface area contributed by atoms with Crippen LogP contribution in [0.5, 0.6) is 0 Å². The molecule has 0 radical (unpaired) electrons. The maximum Gasteiger partial charge on any atom is 0.423 e. The van der Waals surface area contributed by atoms with E-state index in [1.54, 1.807) is 58.9 Å². The number of nitrogens with one attached hydrogen (secondary N) is 2. The molecule has 8 heteroatoms. The number of urea groups is 1. The minimum absolute atomic E-state index is 0.0120. The number of benzene rings is 1. The molecule has 1 aromatic rings. The summed E-state index contributed by atoms with van der Waals surface area (Å²) in [5.74, 6) is -0.812. The molecule has 0 aliphatic carbocycles. The number of hydrazine groups is 1. The van der Waals surface area contributed by atoms with Crippen LogP contribution in [0.1, 0.15) is 40.2 Å². The number of amides is 3. The second-order valence-electron chi connectivity index (χ2n) is 7.19. The Hall–Kier alpha value is -2.77. The normalized spacial score (nSPS) is 12.2. The first-order valence-corrected chi connectivity index (χ1v) is 8.34. The number of carbonyl (C=O) groups is 3. The maximum atomic E-state index is 12.5. The fourth-order valence-electron chi connectivity index (χ4n) is 2.12. The van der Waals surface area contributed by atoms with Gasteiger partial charge in [0.15, 0.2) is 0 Å². The van der Waals surface area contributed by atoms with Gasteiger partial charge in [-0.3, -0.25) is 0 Å². The van der Waals surface area contributed by atoms with Crippen molar-refractivity contribution in [2.75, 3.05) is 0 Å². The highest BCUT2D eigenvalue weighted by Crippen LogP contribution is 2.13. The van der Waals surface area contributed by atoms with Crippen LogP contribution in [0.15, 0.2) is 30.3 Å². The van der Waals surface area contributed by atoms with Crippen molar-refractivity contribution in [3.63, 3.8) is 0 Å². The standard InChI is InChI=1S/C18H27N3O5/c1-12(2)14(15(22)26-18(3,4)5)19-16(23)21(20-17(24)25)11-13-9-7-6-8-10-13/h6-10,12,14,20H,11H2,1-5H3,(H,19,23)(H,24,25)/t14-/m0/s1. The van der Waals surface area contributed by atoms with Crippen LogP contribution in [-0.4, -0.2) is 39.9 Å². The van der Waals surface area contributed by atoms with Crippen molar-refractivity contribution >= 4 is 18.1 Å². The van der Waals surface area contributed by atoms with E-state index in [0.717, 1.165) is 10.6 Å². The van der Waals surface area contributed by atoms with Crippen molar-refractivity contribution in [3.05, 3.63) is 35.9 Å². The highest BCUT2D eigenvalue weighted by molar-refractivity contribution is 5.84. The number of ether oxygens (including phenoxy) is 1. The van der Waals surface area contributed by atoms with Crippen LogP contribution < -0.4 is 10.7 Å². The minimum atomic E-state index is -1.38. The van der Waals surface area contributed by atoms with Crippen molar-refractivity contribution in [2.45, 2.75) is 52.8 Å².